The van der Waals surface area contributed by atoms with E-state index in [1.807, 2.05) is 13.8 Å². The van der Waals surface area contributed by atoms with Gasteiger partial charge < -0.3 is 19.7 Å². The molecule has 7 heteroatoms. The molecule has 2 amide bonds. The van der Waals surface area contributed by atoms with Gasteiger partial charge in [-0.2, -0.15) is 0 Å². The summed E-state index contributed by atoms with van der Waals surface area (Å²) in [5, 5.41) is 2.74. The van der Waals surface area contributed by atoms with Crippen molar-refractivity contribution in [3.63, 3.8) is 0 Å². The number of hydrogen-bond acceptors (Lipinski definition) is 5. The minimum Gasteiger partial charge on any atom is -0.494 e. The van der Waals surface area contributed by atoms with Gasteiger partial charge in [0, 0.05) is 18.7 Å². The molecule has 2 rings (SSSR count). The van der Waals surface area contributed by atoms with E-state index < -0.39 is 12.0 Å². The van der Waals surface area contributed by atoms with E-state index in [4.69, 9.17) is 9.47 Å². The summed E-state index contributed by atoms with van der Waals surface area (Å²) in [5.74, 6) is 0.0816. The van der Waals surface area contributed by atoms with E-state index in [1.54, 1.807) is 24.3 Å². The Hall–Kier alpha value is -2.57. The molecule has 0 aromatic heterocycles. The number of benzene rings is 1. The molecule has 1 aromatic rings. The van der Waals surface area contributed by atoms with Crippen LogP contribution in [0, 0.1) is 5.92 Å². The Balaban J connectivity index is 1.90. The van der Waals surface area contributed by atoms with Gasteiger partial charge >= 0.3 is 5.97 Å². The Kier molecular flexibility index (Phi) is 11.0. The zero-order valence-corrected chi connectivity index (χ0v) is 19.7. The molecule has 32 heavy (non-hydrogen) atoms. The van der Waals surface area contributed by atoms with Gasteiger partial charge in [0.15, 0.2) is 0 Å². The predicted molar refractivity (Wildman–Crippen MR) is 124 cm³/mol. The van der Waals surface area contributed by atoms with Gasteiger partial charge in [-0.05, 0) is 43.0 Å². The third kappa shape index (κ3) is 8.52. The molecular weight excluding hydrogens is 408 g/mol. The SMILES string of the molecule is CCCCCCCOc1ccc(C(=O)N2CCNC(=O)C2CC(=O)OCCC(C)C)cc1. The van der Waals surface area contributed by atoms with Gasteiger partial charge in [0.05, 0.1) is 19.6 Å². The van der Waals surface area contributed by atoms with Gasteiger partial charge in [-0.1, -0.05) is 46.5 Å². The highest BCUT2D eigenvalue weighted by Gasteiger charge is 2.35. The highest BCUT2D eigenvalue weighted by Crippen LogP contribution is 2.18. The first-order valence-corrected chi connectivity index (χ1v) is 11.9. The van der Waals surface area contributed by atoms with Crippen molar-refractivity contribution in [2.75, 3.05) is 26.3 Å². The maximum Gasteiger partial charge on any atom is 0.308 e. The maximum atomic E-state index is 13.1. The van der Waals surface area contributed by atoms with Crippen LogP contribution < -0.4 is 10.1 Å². The summed E-state index contributed by atoms with van der Waals surface area (Å²) in [6.45, 7) is 7.98. The van der Waals surface area contributed by atoms with Crippen molar-refractivity contribution in [1.82, 2.24) is 10.2 Å². The summed E-state index contributed by atoms with van der Waals surface area (Å²) >= 11 is 0. The second-order valence-corrected chi connectivity index (χ2v) is 8.70. The lowest BCUT2D eigenvalue weighted by molar-refractivity contribution is -0.148. The van der Waals surface area contributed by atoms with Gasteiger partial charge in [-0.25, -0.2) is 0 Å². The van der Waals surface area contributed by atoms with Crippen LogP contribution in [0.1, 0.15) is 76.1 Å². The van der Waals surface area contributed by atoms with Crippen molar-refractivity contribution in [3.8, 4) is 5.75 Å². The van der Waals surface area contributed by atoms with Gasteiger partial charge in [0.2, 0.25) is 5.91 Å². The van der Waals surface area contributed by atoms with Gasteiger partial charge in [0.25, 0.3) is 5.91 Å². The molecule has 1 aromatic carbocycles. The van der Waals surface area contributed by atoms with Crippen molar-refractivity contribution >= 4 is 17.8 Å². The van der Waals surface area contributed by atoms with Crippen LogP contribution in [-0.2, 0) is 14.3 Å². The highest BCUT2D eigenvalue weighted by molar-refractivity contribution is 5.99. The number of carbonyl (C=O) groups is 3. The van der Waals surface area contributed by atoms with E-state index in [1.165, 1.54) is 24.2 Å². The number of hydrogen-bond donors (Lipinski definition) is 1. The molecular formula is C25H38N2O5. The Morgan fingerprint density at radius 2 is 1.81 bits per heavy atom. The van der Waals surface area contributed by atoms with E-state index in [0.717, 1.165) is 25.0 Å². The van der Waals surface area contributed by atoms with Crippen molar-refractivity contribution in [2.45, 2.75) is 71.8 Å². The highest BCUT2D eigenvalue weighted by atomic mass is 16.5. The van der Waals surface area contributed by atoms with Crippen LogP contribution in [0.4, 0.5) is 0 Å². The number of unbranched alkanes of at least 4 members (excludes halogenated alkanes) is 4. The van der Waals surface area contributed by atoms with Crippen LogP contribution in [0.3, 0.4) is 0 Å². The second kappa shape index (κ2) is 13.8. The standard InChI is InChI=1S/C25H38N2O5/c1-4-5-6-7-8-16-31-21-11-9-20(10-12-21)25(30)27-15-14-26-24(29)22(27)18-23(28)32-17-13-19(2)3/h9-12,19,22H,4-8,13-18H2,1-3H3,(H,26,29). The minimum absolute atomic E-state index is 0.144. The van der Waals surface area contributed by atoms with Crippen molar-refractivity contribution in [3.05, 3.63) is 29.8 Å². The van der Waals surface area contributed by atoms with E-state index in [0.29, 0.717) is 37.8 Å². The Labute approximate surface area is 191 Å². The lowest BCUT2D eigenvalue weighted by Crippen LogP contribution is -2.57. The summed E-state index contributed by atoms with van der Waals surface area (Å²) < 4.78 is 11.0. The molecule has 0 aliphatic carbocycles. The number of amides is 2. The third-order valence-corrected chi connectivity index (χ3v) is 5.53. The van der Waals surface area contributed by atoms with Crippen LogP contribution in [-0.4, -0.2) is 55.0 Å². The Morgan fingerprint density at radius 3 is 2.50 bits per heavy atom. The molecule has 1 unspecified atom stereocenters. The normalized spacial score (nSPS) is 16.1. The van der Waals surface area contributed by atoms with Crippen molar-refractivity contribution in [1.29, 1.82) is 0 Å². The number of nitrogens with zero attached hydrogens (tertiary/aromatic N) is 1. The molecule has 1 atom stereocenters. The number of carbonyl (C=O) groups excluding carboxylic acids is 3. The number of esters is 1. The van der Waals surface area contributed by atoms with Crippen LogP contribution in [0.2, 0.25) is 0 Å². The second-order valence-electron chi connectivity index (χ2n) is 8.70. The quantitative estimate of drug-likeness (QED) is 0.366. The van der Waals surface area contributed by atoms with E-state index in [-0.39, 0.29) is 18.2 Å². The Morgan fingerprint density at radius 1 is 1.09 bits per heavy atom. The molecule has 0 saturated carbocycles. The van der Waals surface area contributed by atoms with Gasteiger partial charge in [-0.3, -0.25) is 14.4 Å². The topological polar surface area (TPSA) is 84.9 Å². The van der Waals surface area contributed by atoms with Crippen LogP contribution in [0.25, 0.3) is 0 Å². The smallest absolute Gasteiger partial charge is 0.308 e. The summed E-state index contributed by atoms with van der Waals surface area (Å²) in [4.78, 5) is 39.1. The zero-order chi connectivity index (χ0) is 23.3. The summed E-state index contributed by atoms with van der Waals surface area (Å²) in [6.07, 6.45) is 6.48. The van der Waals surface area contributed by atoms with Crippen LogP contribution in [0.5, 0.6) is 5.75 Å². The van der Waals surface area contributed by atoms with Gasteiger partial charge in [-0.15, -0.1) is 0 Å². The fraction of sp³-hybridized carbons (Fsp3) is 0.640. The molecule has 1 fully saturated rings. The average Bonchev–Trinajstić information content (AvgIpc) is 2.77. The lowest BCUT2D eigenvalue weighted by Gasteiger charge is -2.34. The van der Waals surface area contributed by atoms with E-state index >= 15 is 0 Å². The first kappa shape index (κ1) is 25.7. The largest absolute Gasteiger partial charge is 0.494 e. The number of piperazine rings is 1. The number of ether oxygens (including phenoxy) is 2. The first-order valence-electron chi connectivity index (χ1n) is 11.9. The monoisotopic (exact) mass is 446 g/mol. The number of nitrogens with one attached hydrogen (secondary N) is 1. The fourth-order valence-electron chi connectivity index (χ4n) is 3.54. The minimum atomic E-state index is -0.859. The molecule has 0 bridgehead atoms. The fourth-order valence-corrected chi connectivity index (χ4v) is 3.54. The molecule has 7 nitrogen and oxygen atoms in total. The molecule has 1 heterocycles. The summed E-state index contributed by atoms with van der Waals surface area (Å²) in [7, 11) is 0. The van der Waals surface area contributed by atoms with Gasteiger partial charge in [0.1, 0.15) is 11.8 Å². The molecule has 1 saturated heterocycles. The molecule has 1 N–H and O–H groups in total. The zero-order valence-electron chi connectivity index (χ0n) is 19.7. The lowest BCUT2D eigenvalue weighted by atomic mass is 10.1. The third-order valence-electron chi connectivity index (χ3n) is 5.53. The average molecular weight is 447 g/mol. The summed E-state index contributed by atoms with van der Waals surface area (Å²) in [6, 6.07) is 6.11. The first-order chi connectivity index (χ1) is 15.4. The summed E-state index contributed by atoms with van der Waals surface area (Å²) in [5.41, 5.74) is 0.466. The van der Waals surface area contributed by atoms with Crippen molar-refractivity contribution in [2.24, 2.45) is 5.92 Å². The predicted octanol–water partition coefficient (Wildman–Crippen LogP) is 3.96. The molecule has 1 aliphatic rings. The molecule has 178 valence electrons. The molecule has 0 spiro atoms. The molecule has 0 radical (unpaired) electrons. The van der Waals surface area contributed by atoms with Crippen molar-refractivity contribution < 1.29 is 23.9 Å². The van der Waals surface area contributed by atoms with Crippen LogP contribution >= 0.6 is 0 Å². The molecule has 1 aliphatic heterocycles. The Bertz CT molecular complexity index is 732. The van der Waals surface area contributed by atoms with E-state index in [9.17, 15) is 14.4 Å². The maximum absolute atomic E-state index is 13.1. The number of rotatable bonds is 13. The van der Waals surface area contributed by atoms with Crippen LogP contribution in [0.15, 0.2) is 24.3 Å². The van der Waals surface area contributed by atoms with E-state index in [2.05, 4.69) is 12.2 Å².